The summed E-state index contributed by atoms with van der Waals surface area (Å²) in [6, 6.07) is 21.3. The second kappa shape index (κ2) is 11.9. The van der Waals surface area contributed by atoms with Crippen molar-refractivity contribution in [2.75, 3.05) is 6.61 Å². The summed E-state index contributed by atoms with van der Waals surface area (Å²) in [6.45, 7) is 8.21. The second-order valence-electron chi connectivity index (χ2n) is 9.87. The number of hydrogen-bond donors (Lipinski definition) is 1. The fraction of sp³-hybridized carbons (Fsp3) is 0.290. The molecule has 0 unspecified atom stereocenters. The molecule has 1 amide bonds. The minimum absolute atomic E-state index is 0.147. The van der Waals surface area contributed by atoms with Crippen LogP contribution in [0.15, 0.2) is 77.4 Å². The maximum Gasteiger partial charge on any atom is 0.407 e. The number of fused-ring (bicyclic) bond motifs is 1. The number of hydrogen-bond acceptors (Lipinski definition) is 6. The van der Waals surface area contributed by atoms with Gasteiger partial charge in [0.25, 0.3) is 0 Å². The van der Waals surface area contributed by atoms with Crippen LogP contribution in [0.25, 0.3) is 22.1 Å². The van der Waals surface area contributed by atoms with Crippen molar-refractivity contribution in [3.63, 3.8) is 0 Å². The number of esters is 1. The normalized spacial score (nSPS) is 11.3. The first-order valence-electron chi connectivity index (χ1n) is 12.6. The largest absolute Gasteiger partial charge is 0.489 e. The number of carbonyl (C=O) groups excluding carboxylic acids is 2. The van der Waals surface area contributed by atoms with Gasteiger partial charge in [-0.2, -0.15) is 0 Å². The Morgan fingerprint density at radius 3 is 2.42 bits per heavy atom. The van der Waals surface area contributed by atoms with E-state index in [1.807, 2.05) is 87.5 Å². The predicted octanol–water partition coefficient (Wildman–Crippen LogP) is 6.81. The molecule has 0 radical (unpaired) electrons. The summed E-state index contributed by atoms with van der Waals surface area (Å²) in [6.07, 6.45) is 1.34. The molecule has 0 atom stereocenters. The Morgan fingerprint density at radius 1 is 0.921 bits per heavy atom. The molecule has 7 nitrogen and oxygen atoms in total. The topological polar surface area (TPSA) is 87.0 Å². The van der Waals surface area contributed by atoms with Gasteiger partial charge >= 0.3 is 12.1 Å². The standard InChI is InChI=1S/C31H33NO6/c1-5-35-28(33)18-22-10-7-9-13-27(22)37-20-21-16-23-14-15-36-29(23)26(17-21)25-12-8-6-11-24(25)19-32-30(34)38-31(2,3)4/h6-17H,5,18-20H2,1-4H3,(H,32,34). The third-order valence-corrected chi connectivity index (χ3v) is 5.75. The molecule has 0 aliphatic heterocycles. The number of benzene rings is 3. The van der Waals surface area contributed by atoms with Crippen molar-refractivity contribution < 1.29 is 28.2 Å². The summed E-state index contributed by atoms with van der Waals surface area (Å²) in [7, 11) is 0. The van der Waals surface area contributed by atoms with Gasteiger partial charge in [0.05, 0.1) is 19.3 Å². The Bertz CT molecular complexity index is 1420. The van der Waals surface area contributed by atoms with Crippen molar-refractivity contribution in [1.29, 1.82) is 0 Å². The van der Waals surface area contributed by atoms with Gasteiger partial charge in [-0.15, -0.1) is 0 Å². The van der Waals surface area contributed by atoms with E-state index in [1.165, 1.54) is 0 Å². The van der Waals surface area contributed by atoms with E-state index in [-0.39, 0.29) is 12.4 Å². The van der Waals surface area contributed by atoms with E-state index >= 15 is 0 Å². The Hall–Kier alpha value is -4.26. The molecule has 0 aliphatic carbocycles. The Balaban J connectivity index is 1.58. The first-order valence-corrected chi connectivity index (χ1v) is 12.6. The smallest absolute Gasteiger partial charge is 0.407 e. The van der Waals surface area contributed by atoms with Crippen molar-refractivity contribution in [1.82, 2.24) is 5.32 Å². The number of furan rings is 1. The molecular formula is C31H33NO6. The summed E-state index contributed by atoms with van der Waals surface area (Å²) < 4.78 is 22.5. The van der Waals surface area contributed by atoms with Gasteiger partial charge in [0.2, 0.25) is 0 Å². The molecule has 3 aromatic carbocycles. The SMILES string of the molecule is CCOC(=O)Cc1ccccc1OCc1cc(-c2ccccc2CNC(=O)OC(C)(C)C)c2occc2c1. The van der Waals surface area contributed by atoms with Crippen molar-refractivity contribution in [3.05, 3.63) is 89.7 Å². The zero-order chi connectivity index (χ0) is 27.1. The highest BCUT2D eigenvalue weighted by molar-refractivity contribution is 5.94. The van der Waals surface area contributed by atoms with Crippen LogP contribution in [0.5, 0.6) is 5.75 Å². The lowest BCUT2D eigenvalue weighted by Crippen LogP contribution is -2.32. The first kappa shape index (κ1) is 26.8. The summed E-state index contributed by atoms with van der Waals surface area (Å²) in [5, 5.41) is 3.79. The second-order valence-corrected chi connectivity index (χ2v) is 9.87. The quantitative estimate of drug-likeness (QED) is 0.247. The maximum absolute atomic E-state index is 12.3. The molecule has 0 fully saturated rings. The summed E-state index contributed by atoms with van der Waals surface area (Å²) >= 11 is 0. The van der Waals surface area contributed by atoms with Crippen LogP contribution in [0.4, 0.5) is 4.79 Å². The molecule has 0 saturated carbocycles. The summed E-state index contributed by atoms with van der Waals surface area (Å²) in [5.41, 5.74) is 4.65. The van der Waals surface area contributed by atoms with E-state index in [0.717, 1.165) is 38.8 Å². The van der Waals surface area contributed by atoms with Crippen LogP contribution < -0.4 is 10.1 Å². The lowest BCUT2D eigenvalue weighted by Gasteiger charge is -2.20. The van der Waals surface area contributed by atoms with E-state index < -0.39 is 11.7 Å². The lowest BCUT2D eigenvalue weighted by molar-refractivity contribution is -0.142. The van der Waals surface area contributed by atoms with Crippen LogP contribution in [-0.4, -0.2) is 24.3 Å². The average molecular weight is 516 g/mol. The fourth-order valence-electron chi connectivity index (χ4n) is 4.17. The molecule has 38 heavy (non-hydrogen) atoms. The number of alkyl carbamates (subject to hydrolysis) is 1. The van der Waals surface area contributed by atoms with Gasteiger partial charge in [-0.1, -0.05) is 42.5 Å². The van der Waals surface area contributed by atoms with Crippen LogP contribution in [0.2, 0.25) is 0 Å². The van der Waals surface area contributed by atoms with Crippen molar-refractivity contribution in [3.8, 4) is 16.9 Å². The summed E-state index contributed by atoms with van der Waals surface area (Å²) in [4.78, 5) is 24.3. The van der Waals surface area contributed by atoms with Crippen LogP contribution >= 0.6 is 0 Å². The minimum Gasteiger partial charge on any atom is -0.489 e. The Kier molecular flexibility index (Phi) is 8.36. The van der Waals surface area contributed by atoms with Gasteiger partial charge in [0.15, 0.2) is 0 Å². The molecule has 4 rings (SSSR count). The van der Waals surface area contributed by atoms with Gasteiger partial charge in [-0.05, 0) is 68.7 Å². The van der Waals surface area contributed by atoms with Gasteiger partial charge in [-0.3, -0.25) is 4.79 Å². The Labute approximate surface area is 222 Å². The number of rotatable bonds is 9. The van der Waals surface area contributed by atoms with Gasteiger partial charge < -0.3 is 23.9 Å². The third kappa shape index (κ3) is 6.94. The number of carbonyl (C=O) groups is 2. The first-order chi connectivity index (χ1) is 18.2. The molecule has 0 saturated heterocycles. The van der Waals surface area contributed by atoms with Gasteiger partial charge in [0.1, 0.15) is 23.5 Å². The molecule has 0 bridgehead atoms. The molecule has 1 heterocycles. The lowest BCUT2D eigenvalue weighted by atomic mass is 9.96. The zero-order valence-electron chi connectivity index (χ0n) is 22.2. The molecule has 7 heteroatoms. The van der Waals surface area contributed by atoms with E-state index in [2.05, 4.69) is 5.32 Å². The zero-order valence-corrected chi connectivity index (χ0v) is 22.2. The van der Waals surface area contributed by atoms with E-state index in [1.54, 1.807) is 13.2 Å². The number of nitrogens with one attached hydrogen (secondary N) is 1. The Morgan fingerprint density at radius 2 is 1.66 bits per heavy atom. The van der Waals surface area contributed by atoms with E-state index in [4.69, 9.17) is 18.6 Å². The highest BCUT2D eigenvalue weighted by Gasteiger charge is 2.18. The van der Waals surface area contributed by atoms with E-state index in [9.17, 15) is 9.59 Å². The molecule has 4 aromatic rings. The molecule has 1 aromatic heterocycles. The number of ether oxygens (including phenoxy) is 3. The highest BCUT2D eigenvalue weighted by Crippen LogP contribution is 2.34. The third-order valence-electron chi connectivity index (χ3n) is 5.75. The average Bonchev–Trinajstić information content (AvgIpc) is 3.35. The van der Waals surface area contributed by atoms with Crippen LogP contribution in [0, 0.1) is 0 Å². The molecule has 0 spiro atoms. The summed E-state index contributed by atoms with van der Waals surface area (Å²) in [5.74, 6) is 0.346. The van der Waals surface area contributed by atoms with E-state index in [0.29, 0.717) is 25.5 Å². The van der Waals surface area contributed by atoms with Crippen molar-refractivity contribution >= 4 is 23.0 Å². The minimum atomic E-state index is -0.576. The number of amides is 1. The molecule has 1 N–H and O–H groups in total. The van der Waals surface area contributed by atoms with Crippen molar-refractivity contribution in [2.24, 2.45) is 0 Å². The monoisotopic (exact) mass is 515 g/mol. The maximum atomic E-state index is 12.3. The van der Waals surface area contributed by atoms with Crippen LogP contribution in [-0.2, 0) is 33.8 Å². The molecule has 198 valence electrons. The van der Waals surface area contributed by atoms with Gasteiger partial charge in [0, 0.05) is 23.1 Å². The molecule has 0 aliphatic rings. The fourth-order valence-corrected chi connectivity index (χ4v) is 4.17. The van der Waals surface area contributed by atoms with Crippen LogP contribution in [0.3, 0.4) is 0 Å². The van der Waals surface area contributed by atoms with Crippen LogP contribution in [0.1, 0.15) is 44.4 Å². The predicted molar refractivity (Wildman–Crippen MR) is 146 cm³/mol. The van der Waals surface area contributed by atoms with Crippen molar-refractivity contribution in [2.45, 2.75) is 52.9 Å². The number of para-hydroxylation sites is 1. The highest BCUT2D eigenvalue weighted by atomic mass is 16.6. The van der Waals surface area contributed by atoms with Gasteiger partial charge in [-0.25, -0.2) is 4.79 Å². The molecular weight excluding hydrogens is 482 g/mol.